The van der Waals surface area contributed by atoms with Crippen LogP contribution in [0.5, 0.6) is 0 Å². The van der Waals surface area contributed by atoms with Crippen LogP contribution in [-0.2, 0) is 5.41 Å². The predicted octanol–water partition coefficient (Wildman–Crippen LogP) is 14.0. The lowest BCUT2D eigenvalue weighted by atomic mass is 9.67. The molecule has 0 fully saturated rings. The standard InChI is InChI=1S/C53H37N/c1-5-19-39(20-6-1)46-29-17-30-47(40-21-7-2-8-22-40)52(46)54(44-33-32-38-18-13-14-23-41(38)36-44)45-34-35-49-48-28-15-16-31-50(48)53(51(49)37-45,42-24-9-3-10-25-42)43-26-11-4-12-27-43/h1-37H. The Morgan fingerprint density at radius 2 is 0.759 bits per heavy atom. The Bertz CT molecular complexity index is 2660. The smallest absolute Gasteiger partial charge is 0.0714 e. The highest BCUT2D eigenvalue weighted by Gasteiger charge is 2.46. The molecule has 9 aromatic rings. The Morgan fingerprint density at radius 1 is 0.296 bits per heavy atom. The van der Waals surface area contributed by atoms with E-state index in [1.54, 1.807) is 0 Å². The van der Waals surface area contributed by atoms with Crippen molar-refractivity contribution < 1.29 is 0 Å². The van der Waals surface area contributed by atoms with Gasteiger partial charge in [-0.25, -0.2) is 0 Å². The van der Waals surface area contributed by atoms with E-state index in [0.29, 0.717) is 0 Å². The van der Waals surface area contributed by atoms with E-state index in [4.69, 9.17) is 0 Å². The van der Waals surface area contributed by atoms with Crippen molar-refractivity contribution in [3.8, 4) is 33.4 Å². The van der Waals surface area contributed by atoms with Gasteiger partial charge in [-0.3, -0.25) is 0 Å². The molecule has 0 saturated carbocycles. The number of nitrogens with zero attached hydrogens (tertiary/aromatic N) is 1. The largest absolute Gasteiger partial charge is 0.309 e. The number of para-hydroxylation sites is 1. The Balaban J connectivity index is 1.32. The molecule has 1 aliphatic rings. The molecule has 0 spiro atoms. The molecule has 0 atom stereocenters. The average Bonchev–Trinajstić information content (AvgIpc) is 3.55. The van der Waals surface area contributed by atoms with Crippen LogP contribution < -0.4 is 4.90 Å². The van der Waals surface area contributed by atoms with Crippen LogP contribution >= 0.6 is 0 Å². The summed E-state index contributed by atoms with van der Waals surface area (Å²) in [5, 5.41) is 2.42. The van der Waals surface area contributed by atoms with Crippen molar-refractivity contribution in [2.75, 3.05) is 4.90 Å². The lowest BCUT2D eigenvalue weighted by Crippen LogP contribution is -2.28. The maximum absolute atomic E-state index is 2.50. The number of rotatable bonds is 7. The second-order valence-electron chi connectivity index (χ2n) is 14.1. The molecule has 9 aromatic carbocycles. The molecular formula is C53H37N. The fourth-order valence-electron chi connectivity index (χ4n) is 8.78. The van der Waals surface area contributed by atoms with Crippen LogP contribution in [0.15, 0.2) is 224 Å². The summed E-state index contributed by atoms with van der Waals surface area (Å²) in [6, 6.07) is 82.2. The molecule has 1 heteroatoms. The van der Waals surface area contributed by atoms with E-state index in [9.17, 15) is 0 Å². The van der Waals surface area contributed by atoms with Crippen molar-refractivity contribution in [3.05, 3.63) is 247 Å². The average molecular weight is 688 g/mol. The first-order valence-corrected chi connectivity index (χ1v) is 18.7. The third-order valence-electron chi connectivity index (χ3n) is 11.1. The van der Waals surface area contributed by atoms with Crippen LogP contribution in [-0.4, -0.2) is 0 Å². The van der Waals surface area contributed by atoms with E-state index in [1.165, 1.54) is 66.4 Å². The van der Waals surface area contributed by atoms with Gasteiger partial charge in [0, 0.05) is 22.5 Å². The first kappa shape index (κ1) is 31.7. The van der Waals surface area contributed by atoms with Gasteiger partial charge in [-0.05, 0) is 79.5 Å². The maximum atomic E-state index is 2.50. The lowest BCUT2D eigenvalue weighted by molar-refractivity contribution is 0.768. The van der Waals surface area contributed by atoms with Gasteiger partial charge in [0.25, 0.3) is 0 Å². The minimum atomic E-state index is -0.513. The summed E-state index contributed by atoms with van der Waals surface area (Å²) >= 11 is 0. The van der Waals surface area contributed by atoms with Gasteiger partial charge in [0.15, 0.2) is 0 Å². The Hall–Kier alpha value is -6.96. The van der Waals surface area contributed by atoms with Gasteiger partial charge in [0.1, 0.15) is 0 Å². The monoisotopic (exact) mass is 687 g/mol. The van der Waals surface area contributed by atoms with Crippen molar-refractivity contribution in [1.82, 2.24) is 0 Å². The normalized spacial score (nSPS) is 12.6. The first-order valence-electron chi connectivity index (χ1n) is 18.7. The molecule has 0 saturated heterocycles. The molecule has 10 rings (SSSR count). The number of fused-ring (bicyclic) bond motifs is 4. The zero-order chi connectivity index (χ0) is 35.9. The van der Waals surface area contributed by atoms with Crippen molar-refractivity contribution in [2.45, 2.75) is 5.41 Å². The highest BCUT2D eigenvalue weighted by Crippen LogP contribution is 2.58. The molecule has 0 aromatic heterocycles. The SMILES string of the molecule is c1ccc(-c2cccc(-c3ccccc3)c2N(c2ccc3c(c2)C(c2ccccc2)(c2ccccc2)c2ccccc2-3)c2ccc3ccccc3c2)cc1. The summed E-state index contributed by atoms with van der Waals surface area (Å²) < 4.78 is 0. The van der Waals surface area contributed by atoms with Gasteiger partial charge < -0.3 is 4.90 Å². The molecular weight excluding hydrogens is 651 g/mol. The fourth-order valence-corrected chi connectivity index (χ4v) is 8.78. The fraction of sp³-hybridized carbons (Fsp3) is 0.0189. The molecule has 0 aliphatic heterocycles. The third kappa shape index (κ3) is 5.09. The third-order valence-corrected chi connectivity index (χ3v) is 11.1. The second-order valence-corrected chi connectivity index (χ2v) is 14.1. The van der Waals surface area contributed by atoms with Crippen LogP contribution in [0.2, 0.25) is 0 Å². The molecule has 0 radical (unpaired) electrons. The summed E-state index contributed by atoms with van der Waals surface area (Å²) in [5.41, 5.74) is 15.2. The van der Waals surface area contributed by atoms with Crippen molar-refractivity contribution in [3.63, 3.8) is 0 Å². The van der Waals surface area contributed by atoms with Crippen LogP contribution in [0.4, 0.5) is 17.1 Å². The molecule has 0 amide bonds. The zero-order valence-electron chi connectivity index (χ0n) is 29.8. The minimum absolute atomic E-state index is 0.513. The lowest BCUT2D eigenvalue weighted by Gasteiger charge is -2.35. The van der Waals surface area contributed by atoms with E-state index in [0.717, 1.165) is 17.1 Å². The number of hydrogen-bond donors (Lipinski definition) is 0. The quantitative estimate of drug-likeness (QED) is 0.161. The van der Waals surface area contributed by atoms with Gasteiger partial charge >= 0.3 is 0 Å². The summed E-state index contributed by atoms with van der Waals surface area (Å²) in [7, 11) is 0. The molecule has 0 bridgehead atoms. The minimum Gasteiger partial charge on any atom is -0.309 e. The molecule has 1 nitrogen and oxygen atoms in total. The van der Waals surface area contributed by atoms with Gasteiger partial charge in [0.2, 0.25) is 0 Å². The van der Waals surface area contributed by atoms with Gasteiger partial charge in [0.05, 0.1) is 11.1 Å². The molecule has 0 unspecified atom stereocenters. The van der Waals surface area contributed by atoms with Crippen molar-refractivity contribution in [2.24, 2.45) is 0 Å². The van der Waals surface area contributed by atoms with E-state index in [-0.39, 0.29) is 0 Å². The number of anilines is 3. The van der Waals surface area contributed by atoms with E-state index in [2.05, 4.69) is 229 Å². The first-order chi connectivity index (χ1) is 26.8. The van der Waals surface area contributed by atoms with Crippen LogP contribution in [0.25, 0.3) is 44.2 Å². The summed E-state index contributed by atoms with van der Waals surface area (Å²) in [6.07, 6.45) is 0. The highest BCUT2D eigenvalue weighted by atomic mass is 15.1. The molecule has 54 heavy (non-hydrogen) atoms. The van der Waals surface area contributed by atoms with Gasteiger partial charge in [-0.2, -0.15) is 0 Å². The summed E-state index contributed by atoms with van der Waals surface area (Å²) in [5.74, 6) is 0. The molecule has 254 valence electrons. The van der Waals surface area contributed by atoms with Crippen LogP contribution in [0, 0.1) is 0 Å². The second kappa shape index (κ2) is 13.2. The Morgan fingerprint density at radius 3 is 1.39 bits per heavy atom. The summed E-state index contributed by atoms with van der Waals surface area (Å²) in [6.45, 7) is 0. The van der Waals surface area contributed by atoms with E-state index >= 15 is 0 Å². The van der Waals surface area contributed by atoms with E-state index in [1.807, 2.05) is 0 Å². The van der Waals surface area contributed by atoms with Crippen molar-refractivity contribution >= 4 is 27.8 Å². The Kier molecular flexibility index (Phi) is 7.78. The number of hydrogen-bond acceptors (Lipinski definition) is 1. The van der Waals surface area contributed by atoms with Crippen LogP contribution in [0.1, 0.15) is 22.3 Å². The molecule has 0 heterocycles. The summed E-state index contributed by atoms with van der Waals surface area (Å²) in [4.78, 5) is 2.50. The maximum Gasteiger partial charge on any atom is 0.0714 e. The highest BCUT2D eigenvalue weighted by molar-refractivity contribution is 6.00. The van der Waals surface area contributed by atoms with Crippen molar-refractivity contribution in [1.29, 1.82) is 0 Å². The van der Waals surface area contributed by atoms with Gasteiger partial charge in [-0.15, -0.1) is 0 Å². The van der Waals surface area contributed by atoms with Crippen LogP contribution in [0.3, 0.4) is 0 Å². The van der Waals surface area contributed by atoms with E-state index < -0.39 is 5.41 Å². The molecule has 1 aliphatic carbocycles. The number of benzene rings is 9. The zero-order valence-corrected chi connectivity index (χ0v) is 29.8. The van der Waals surface area contributed by atoms with Gasteiger partial charge in [-0.1, -0.05) is 200 Å². The topological polar surface area (TPSA) is 3.24 Å². The molecule has 0 N–H and O–H groups in total. The Labute approximate surface area is 317 Å². The predicted molar refractivity (Wildman–Crippen MR) is 227 cm³/mol.